The van der Waals surface area contributed by atoms with Crippen LogP contribution in [-0.2, 0) is 4.79 Å². The average Bonchev–Trinajstić information content (AvgIpc) is 2.91. The molecule has 2 aliphatic carbocycles. The van der Waals surface area contributed by atoms with Crippen molar-refractivity contribution in [2.24, 2.45) is 11.8 Å². The van der Waals surface area contributed by atoms with Crippen LogP contribution in [0.15, 0.2) is 17.2 Å². The van der Waals surface area contributed by atoms with Crippen LogP contribution < -0.4 is 0 Å². The molecule has 2 nitrogen and oxygen atoms in total. The van der Waals surface area contributed by atoms with Crippen LogP contribution in [-0.4, -0.2) is 10.9 Å². The van der Waals surface area contributed by atoms with Gasteiger partial charge in [0.2, 0.25) is 0 Å². The van der Waals surface area contributed by atoms with Crippen molar-refractivity contribution in [3.05, 3.63) is 33.6 Å². The second kappa shape index (κ2) is 4.50. The molecule has 0 heterocycles. The Balaban J connectivity index is 2.13. The van der Waals surface area contributed by atoms with Gasteiger partial charge in [-0.3, -0.25) is 4.79 Å². The Hall–Kier alpha value is -1.06. The van der Waals surface area contributed by atoms with Crippen LogP contribution in [0.5, 0.6) is 5.75 Å². The summed E-state index contributed by atoms with van der Waals surface area (Å²) in [5.41, 5.74) is 1.17. The molecule has 2 atom stereocenters. The van der Waals surface area contributed by atoms with E-state index in [2.05, 4.69) is 0 Å². The maximum Gasteiger partial charge on any atom is 0.178 e. The van der Waals surface area contributed by atoms with Crippen molar-refractivity contribution in [3.63, 3.8) is 0 Å². The predicted molar refractivity (Wildman–Crippen MR) is 71.7 cm³/mol. The number of halogens is 3. The van der Waals surface area contributed by atoms with E-state index in [0.29, 0.717) is 11.1 Å². The van der Waals surface area contributed by atoms with E-state index in [4.69, 9.17) is 23.2 Å². The summed E-state index contributed by atoms with van der Waals surface area (Å²) in [6.07, 6.45) is 2.68. The van der Waals surface area contributed by atoms with Crippen LogP contribution in [0.4, 0.5) is 4.39 Å². The minimum Gasteiger partial charge on any atom is -0.504 e. The van der Waals surface area contributed by atoms with Crippen LogP contribution in [0.1, 0.15) is 24.8 Å². The molecule has 0 bridgehead atoms. The quantitative estimate of drug-likeness (QED) is 0.846. The molecule has 0 aromatic heterocycles. The van der Waals surface area contributed by atoms with Crippen molar-refractivity contribution in [2.75, 3.05) is 0 Å². The number of phenolic OH excluding ortho intramolecular Hbond substituents is 1. The maximum atomic E-state index is 13.6. The first-order valence-corrected chi connectivity index (χ1v) is 6.88. The number of ketones is 1. The van der Waals surface area contributed by atoms with E-state index in [0.717, 1.165) is 19.3 Å². The number of fused-ring (bicyclic) bond motifs is 1. The van der Waals surface area contributed by atoms with Gasteiger partial charge in [-0.1, -0.05) is 29.6 Å². The largest absolute Gasteiger partial charge is 0.504 e. The highest BCUT2D eigenvalue weighted by molar-refractivity contribution is 6.47. The minimum atomic E-state index is -0.798. The zero-order chi connectivity index (χ0) is 13.7. The van der Waals surface area contributed by atoms with Crippen molar-refractivity contribution in [1.29, 1.82) is 0 Å². The van der Waals surface area contributed by atoms with Crippen molar-refractivity contribution in [2.45, 2.75) is 19.3 Å². The molecule has 19 heavy (non-hydrogen) atoms. The number of phenols is 1. The molecule has 0 saturated heterocycles. The lowest BCUT2D eigenvalue weighted by molar-refractivity contribution is -0.118. The Morgan fingerprint density at radius 3 is 2.58 bits per heavy atom. The molecule has 0 spiro atoms. The first-order chi connectivity index (χ1) is 9.00. The topological polar surface area (TPSA) is 37.3 Å². The Kier molecular flexibility index (Phi) is 3.06. The van der Waals surface area contributed by atoms with Crippen LogP contribution in [0, 0.1) is 17.7 Å². The lowest BCUT2D eigenvalue weighted by atomic mass is 9.90. The number of benzene rings is 1. The van der Waals surface area contributed by atoms with Gasteiger partial charge in [0.15, 0.2) is 17.3 Å². The Bertz CT molecular complexity index is 586. The lowest BCUT2D eigenvalue weighted by Gasteiger charge is -2.14. The number of carbonyl (C=O) groups is 1. The van der Waals surface area contributed by atoms with Crippen molar-refractivity contribution in [1.82, 2.24) is 0 Å². The molecule has 100 valence electrons. The van der Waals surface area contributed by atoms with Gasteiger partial charge in [-0.25, -0.2) is 4.39 Å². The number of aromatic hydroxyl groups is 1. The number of hydrogen-bond donors (Lipinski definition) is 1. The predicted octanol–water partition coefficient (Wildman–Crippen LogP) is 4.13. The Morgan fingerprint density at radius 1 is 1.21 bits per heavy atom. The van der Waals surface area contributed by atoms with E-state index in [1.54, 1.807) is 0 Å². The molecule has 5 heteroatoms. The van der Waals surface area contributed by atoms with E-state index >= 15 is 0 Å². The van der Waals surface area contributed by atoms with Crippen molar-refractivity contribution >= 4 is 34.6 Å². The van der Waals surface area contributed by atoms with Crippen LogP contribution >= 0.6 is 23.2 Å². The van der Waals surface area contributed by atoms with Gasteiger partial charge in [-0.2, -0.15) is 0 Å². The number of rotatable bonds is 1. The highest BCUT2D eigenvalue weighted by Crippen LogP contribution is 2.51. The Morgan fingerprint density at radius 2 is 1.89 bits per heavy atom. The highest BCUT2D eigenvalue weighted by Gasteiger charge is 2.44. The molecule has 0 radical (unpaired) electrons. The number of carbonyl (C=O) groups excluding carboxylic acids is 1. The van der Waals surface area contributed by atoms with Gasteiger partial charge in [-0.15, -0.1) is 0 Å². The molecule has 2 unspecified atom stereocenters. The van der Waals surface area contributed by atoms with Crippen LogP contribution in [0.2, 0.25) is 5.02 Å². The number of allylic oxidation sites excluding steroid dienone is 2. The van der Waals surface area contributed by atoms with E-state index < -0.39 is 11.6 Å². The number of hydrogen-bond acceptors (Lipinski definition) is 2. The van der Waals surface area contributed by atoms with Crippen LogP contribution in [0.3, 0.4) is 0 Å². The summed E-state index contributed by atoms with van der Waals surface area (Å²) in [5, 5.41) is 9.48. The fourth-order valence-corrected chi connectivity index (χ4v) is 3.74. The van der Waals surface area contributed by atoms with Gasteiger partial charge >= 0.3 is 0 Å². The van der Waals surface area contributed by atoms with Gasteiger partial charge in [0.1, 0.15) is 0 Å². The smallest absolute Gasteiger partial charge is 0.178 e. The van der Waals surface area contributed by atoms with Crippen molar-refractivity contribution < 1.29 is 14.3 Å². The molecule has 0 aliphatic heterocycles. The van der Waals surface area contributed by atoms with E-state index in [9.17, 15) is 14.3 Å². The molecule has 1 saturated carbocycles. The van der Waals surface area contributed by atoms with E-state index in [1.807, 2.05) is 0 Å². The third kappa shape index (κ3) is 1.87. The van der Waals surface area contributed by atoms with Gasteiger partial charge in [0, 0.05) is 5.92 Å². The molecule has 1 aromatic rings. The summed E-state index contributed by atoms with van der Waals surface area (Å²) in [5.74, 6) is -1.44. The summed E-state index contributed by atoms with van der Waals surface area (Å²) >= 11 is 11.9. The Labute approximate surface area is 119 Å². The third-order valence-corrected chi connectivity index (χ3v) is 4.68. The maximum absolute atomic E-state index is 13.6. The zero-order valence-electron chi connectivity index (χ0n) is 9.92. The highest BCUT2D eigenvalue weighted by atomic mass is 35.5. The second-order valence-corrected chi connectivity index (χ2v) is 5.81. The summed E-state index contributed by atoms with van der Waals surface area (Å²) in [6, 6.07) is 2.65. The standard InChI is InChI=1S/C14H11Cl2FO2/c15-9-4-6(5-10(17)14(9)19)11-7-2-1-3-8(7)13(18)12(11)16/h4-5,7-8,19H,1-3H2. The summed E-state index contributed by atoms with van der Waals surface area (Å²) in [7, 11) is 0. The molecule has 1 aromatic carbocycles. The zero-order valence-corrected chi connectivity index (χ0v) is 11.4. The van der Waals surface area contributed by atoms with Gasteiger partial charge in [-0.05, 0) is 42.0 Å². The van der Waals surface area contributed by atoms with Crippen molar-refractivity contribution in [3.8, 4) is 5.75 Å². The fraction of sp³-hybridized carbons (Fsp3) is 0.357. The molecular formula is C14H11Cl2FO2. The monoisotopic (exact) mass is 300 g/mol. The van der Waals surface area contributed by atoms with Gasteiger partial charge in [0.05, 0.1) is 10.1 Å². The SMILES string of the molecule is O=C1C(Cl)=C(c2cc(F)c(O)c(Cl)c2)C2CCCC12. The first kappa shape index (κ1) is 12.9. The van der Waals surface area contributed by atoms with Gasteiger partial charge < -0.3 is 5.11 Å². The van der Waals surface area contributed by atoms with Gasteiger partial charge in [0.25, 0.3) is 0 Å². The molecular weight excluding hydrogens is 290 g/mol. The summed E-state index contributed by atoms with van der Waals surface area (Å²) < 4.78 is 13.6. The molecule has 1 N–H and O–H groups in total. The normalized spacial score (nSPS) is 26.2. The average molecular weight is 301 g/mol. The van der Waals surface area contributed by atoms with Crippen LogP contribution in [0.25, 0.3) is 5.57 Å². The third-order valence-electron chi connectivity index (χ3n) is 4.00. The molecule has 1 fully saturated rings. The molecule has 3 rings (SSSR count). The summed E-state index contributed by atoms with van der Waals surface area (Å²) in [6.45, 7) is 0. The number of Topliss-reactive ketones (excluding diaryl/α,β-unsaturated/α-hetero) is 1. The minimum absolute atomic E-state index is 0.0521. The second-order valence-electron chi connectivity index (χ2n) is 5.02. The molecule has 2 aliphatic rings. The molecule has 0 amide bonds. The van der Waals surface area contributed by atoms with E-state index in [1.165, 1.54) is 12.1 Å². The fourth-order valence-electron chi connectivity index (χ4n) is 3.14. The lowest BCUT2D eigenvalue weighted by Crippen LogP contribution is -2.10. The van der Waals surface area contributed by atoms with E-state index in [-0.39, 0.29) is 27.7 Å². The summed E-state index contributed by atoms with van der Waals surface area (Å²) in [4.78, 5) is 12.0. The first-order valence-electron chi connectivity index (χ1n) is 6.13.